The molecule has 4 nitrogen and oxygen atoms in total. The fourth-order valence-electron chi connectivity index (χ4n) is 1.81. The van der Waals surface area contributed by atoms with Gasteiger partial charge in [-0.05, 0) is 22.4 Å². The molecule has 1 aromatic carbocycles. The van der Waals surface area contributed by atoms with Crippen LogP contribution >= 0.6 is 11.3 Å². The van der Waals surface area contributed by atoms with Crippen molar-refractivity contribution in [3.63, 3.8) is 0 Å². The zero-order valence-corrected chi connectivity index (χ0v) is 10.9. The molecule has 0 aliphatic carbocycles. The number of fused-ring (bicyclic) bond motifs is 1. The second-order valence-electron chi connectivity index (χ2n) is 3.98. The highest BCUT2D eigenvalue weighted by atomic mass is 32.1. The molecule has 1 unspecified atom stereocenters. The summed E-state index contributed by atoms with van der Waals surface area (Å²) < 4.78 is 6.09. The minimum atomic E-state index is -0.893. The van der Waals surface area contributed by atoms with Crippen LogP contribution in [0.1, 0.15) is 5.56 Å². The van der Waals surface area contributed by atoms with Crippen LogP contribution in [-0.4, -0.2) is 30.8 Å². The Labute approximate surface area is 109 Å². The van der Waals surface area contributed by atoms with Gasteiger partial charge >= 0.3 is 5.97 Å². The molecule has 1 aromatic heterocycles. The average Bonchev–Trinajstić information content (AvgIpc) is 2.82. The SMILES string of the molecule is COCC(NCc1cccc2ccsc12)C(=O)O. The van der Waals surface area contributed by atoms with Gasteiger partial charge in [0.2, 0.25) is 0 Å². The first-order valence-corrected chi connectivity index (χ1v) is 6.50. The number of aliphatic carboxylic acids is 1. The predicted molar refractivity (Wildman–Crippen MR) is 72.0 cm³/mol. The number of carboxylic acids is 1. The van der Waals surface area contributed by atoms with E-state index in [0.29, 0.717) is 6.54 Å². The van der Waals surface area contributed by atoms with Gasteiger partial charge in [0.05, 0.1) is 6.61 Å². The molecule has 0 saturated carbocycles. The van der Waals surface area contributed by atoms with Crippen molar-refractivity contribution < 1.29 is 14.6 Å². The summed E-state index contributed by atoms with van der Waals surface area (Å²) in [6.45, 7) is 0.688. The maximum absolute atomic E-state index is 11.0. The van der Waals surface area contributed by atoms with Crippen LogP contribution < -0.4 is 5.32 Å². The zero-order chi connectivity index (χ0) is 13.0. The van der Waals surface area contributed by atoms with Crippen LogP contribution in [0, 0.1) is 0 Å². The zero-order valence-electron chi connectivity index (χ0n) is 10.1. The molecule has 0 spiro atoms. The number of nitrogens with one attached hydrogen (secondary N) is 1. The molecule has 96 valence electrons. The smallest absolute Gasteiger partial charge is 0.323 e. The molecule has 2 rings (SSSR count). The summed E-state index contributed by atoms with van der Waals surface area (Å²) in [5.74, 6) is -0.893. The van der Waals surface area contributed by atoms with Gasteiger partial charge in [-0.1, -0.05) is 18.2 Å². The third-order valence-corrected chi connectivity index (χ3v) is 3.74. The van der Waals surface area contributed by atoms with Crippen molar-refractivity contribution in [2.75, 3.05) is 13.7 Å². The average molecular weight is 265 g/mol. The molecular weight excluding hydrogens is 250 g/mol. The van der Waals surface area contributed by atoms with E-state index in [2.05, 4.69) is 17.4 Å². The Morgan fingerprint density at radius 3 is 3.06 bits per heavy atom. The van der Waals surface area contributed by atoms with Gasteiger partial charge in [0, 0.05) is 18.4 Å². The highest BCUT2D eigenvalue weighted by molar-refractivity contribution is 7.17. The Hall–Kier alpha value is -1.43. The first-order valence-electron chi connectivity index (χ1n) is 5.62. The molecule has 2 aromatic rings. The summed E-state index contributed by atoms with van der Waals surface area (Å²) in [6.07, 6.45) is 0. The van der Waals surface area contributed by atoms with E-state index < -0.39 is 12.0 Å². The molecule has 0 aliphatic heterocycles. The third kappa shape index (κ3) is 2.87. The van der Waals surface area contributed by atoms with E-state index >= 15 is 0 Å². The van der Waals surface area contributed by atoms with Gasteiger partial charge in [0.15, 0.2) is 0 Å². The lowest BCUT2D eigenvalue weighted by Gasteiger charge is -2.13. The van der Waals surface area contributed by atoms with Crippen molar-refractivity contribution in [3.05, 3.63) is 35.2 Å². The van der Waals surface area contributed by atoms with Crippen molar-refractivity contribution in [2.24, 2.45) is 0 Å². The van der Waals surface area contributed by atoms with E-state index in [9.17, 15) is 4.79 Å². The molecular formula is C13H15NO3S. The molecule has 0 amide bonds. The number of thiophene rings is 1. The van der Waals surface area contributed by atoms with E-state index in [1.54, 1.807) is 11.3 Å². The van der Waals surface area contributed by atoms with Gasteiger partial charge < -0.3 is 9.84 Å². The number of hydrogen-bond donors (Lipinski definition) is 2. The molecule has 2 N–H and O–H groups in total. The van der Waals surface area contributed by atoms with Gasteiger partial charge in [-0.25, -0.2) is 0 Å². The second kappa shape index (κ2) is 5.95. The number of carbonyl (C=O) groups is 1. The molecule has 0 bridgehead atoms. The lowest BCUT2D eigenvalue weighted by Crippen LogP contribution is -2.39. The van der Waals surface area contributed by atoms with Crippen LogP contribution in [0.2, 0.25) is 0 Å². The van der Waals surface area contributed by atoms with Crippen LogP contribution in [-0.2, 0) is 16.1 Å². The van der Waals surface area contributed by atoms with Crippen LogP contribution in [0.15, 0.2) is 29.6 Å². The summed E-state index contributed by atoms with van der Waals surface area (Å²) in [5.41, 5.74) is 1.12. The number of benzene rings is 1. The first kappa shape index (κ1) is 13.0. The minimum absolute atomic E-state index is 0.162. The molecule has 0 fully saturated rings. The summed E-state index contributed by atoms with van der Waals surface area (Å²) in [5, 5.41) is 15.2. The fraction of sp³-hybridized carbons (Fsp3) is 0.308. The molecule has 1 heterocycles. The monoisotopic (exact) mass is 265 g/mol. The van der Waals surface area contributed by atoms with Crippen molar-refractivity contribution in [3.8, 4) is 0 Å². The van der Waals surface area contributed by atoms with Crippen molar-refractivity contribution in [1.82, 2.24) is 5.32 Å². The summed E-state index contributed by atoms with van der Waals surface area (Å²) in [6, 6.07) is 7.44. The number of rotatable bonds is 6. The maximum atomic E-state index is 11.0. The second-order valence-corrected chi connectivity index (χ2v) is 4.90. The lowest BCUT2D eigenvalue weighted by atomic mass is 10.1. The van der Waals surface area contributed by atoms with Gasteiger partial charge in [-0.3, -0.25) is 10.1 Å². The Bertz CT molecular complexity index is 538. The van der Waals surface area contributed by atoms with E-state index in [1.165, 1.54) is 17.2 Å². The minimum Gasteiger partial charge on any atom is -0.480 e. The van der Waals surface area contributed by atoms with Crippen LogP contribution in [0.3, 0.4) is 0 Å². The molecule has 0 radical (unpaired) electrons. The summed E-state index contributed by atoms with van der Waals surface area (Å²) in [7, 11) is 1.50. The molecule has 5 heteroatoms. The quantitative estimate of drug-likeness (QED) is 0.839. The van der Waals surface area contributed by atoms with E-state index in [4.69, 9.17) is 9.84 Å². The van der Waals surface area contributed by atoms with Crippen molar-refractivity contribution >= 4 is 27.4 Å². The van der Waals surface area contributed by atoms with Gasteiger partial charge in [0.25, 0.3) is 0 Å². The van der Waals surface area contributed by atoms with Crippen molar-refractivity contribution in [2.45, 2.75) is 12.6 Å². The normalized spacial score (nSPS) is 12.7. The molecule has 0 saturated heterocycles. The number of carboxylic acid groups (broad SMARTS) is 1. The summed E-state index contributed by atoms with van der Waals surface area (Å²) in [4.78, 5) is 11.0. The number of ether oxygens (including phenoxy) is 1. The third-order valence-electron chi connectivity index (χ3n) is 2.73. The first-order chi connectivity index (χ1) is 8.72. The molecule has 0 aliphatic rings. The van der Waals surface area contributed by atoms with Gasteiger partial charge in [-0.15, -0.1) is 11.3 Å². The fourth-order valence-corrected chi connectivity index (χ4v) is 2.73. The highest BCUT2D eigenvalue weighted by Crippen LogP contribution is 2.24. The number of methoxy groups -OCH3 is 1. The van der Waals surface area contributed by atoms with E-state index in [1.807, 2.05) is 17.5 Å². The van der Waals surface area contributed by atoms with Crippen LogP contribution in [0.5, 0.6) is 0 Å². The standard InChI is InChI=1S/C13H15NO3S/c1-17-8-11(13(15)16)14-7-10-4-2-3-9-5-6-18-12(9)10/h2-6,11,14H,7-8H2,1H3,(H,15,16). The van der Waals surface area contributed by atoms with E-state index in [-0.39, 0.29) is 6.61 Å². The Kier molecular flexibility index (Phi) is 4.30. The summed E-state index contributed by atoms with van der Waals surface area (Å²) >= 11 is 1.67. The predicted octanol–water partition coefficient (Wildman–Crippen LogP) is 2.09. The lowest BCUT2D eigenvalue weighted by molar-refractivity contribution is -0.140. The van der Waals surface area contributed by atoms with Crippen molar-refractivity contribution in [1.29, 1.82) is 0 Å². The number of hydrogen-bond acceptors (Lipinski definition) is 4. The van der Waals surface area contributed by atoms with Crippen LogP contribution in [0.25, 0.3) is 10.1 Å². The topological polar surface area (TPSA) is 58.6 Å². The highest BCUT2D eigenvalue weighted by Gasteiger charge is 2.16. The molecule has 18 heavy (non-hydrogen) atoms. The largest absolute Gasteiger partial charge is 0.480 e. The molecule has 1 atom stereocenters. The maximum Gasteiger partial charge on any atom is 0.323 e. The Morgan fingerprint density at radius 1 is 1.50 bits per heavy atom. The van der Waals surface area contributed by atoms with Crippen LogP contribution in [0.4, 0.5) is 0 Å². The Morgan fingerprint density at radius 2 is 2.33 bits per heavy atom. The van der Waals surface area contributed by atoms with Gasteiger partial charge in [-0.2, -0.15) is 0 Å². The van der Waals surface area contributed by atoms with E-state index in [0.717, 1.165) is 5.56 Å². The Balaban J connectivity index is 2.09. The van der Waals surface area contributed by atoms with Gasteiger partial charge in [0.1, 0.15) is 6.04 Å².